The number of aromatic nitrogens is 4. The maximum absolute atomic E-state index is 6.11. The lowest BCUT2D eigenvalue weighted by Crippen LogP contribution is -2.63. The third kappa shape index (κ3) is 2.38. The zero-order valence-electron chi connectivity index (χ0n) is 15.7. The minimum Gasteiger partial charge on any atom is -0.375 e. The van der Waals surface area contributed by atoms with Crippen molar-refractivity contribution in [1.29, 1.82) is 0 Å². The SMILES string of the molecule is Cc1nc(N2C3CC4CC2CC(C3)O4)n2nc(CCC3(C)CC3)cc2n1. The summed E-state index contributed by atoms with van der Waals surface area (Å²) < 4.78 is 8.13. The lowest BCUT2D eigenvalue weighted by Gasteiger charge is -2.56. The summed E-state index contributed by atoms with van der Waals surface area (Å²) in [5.41, 5.74) is 2.67. The Morgan fingerprint density at radius 3 is 2.46 bits per heavy atom. The molecule has 4 saturated heterocycles. The normalized spacial score (nSPS) is 34.0. The molecule has 6 heterocycles. The molecule has 1 saturated carbocycles. The van der Waals surface area contributed by atoms with Crippen molar-refractivity contribution in [3.05, 3.63) is 17.6 Å². The van der Waals surface area contributed by atoms with E-state index in [-0.39, 0.29) is 0 Å². The highest BCUT2D eigenvalue weighted by Crippen LogP contribution is 2.48. The Bertz CT molecular complexity index is 842. The van der Waals surface area contributed by atoms with E-state index in [9.17, 15) is 0 Å². The molecule has 5 fully saturated rings. The second kappa shape index (κ2) is 5.18. The molecule has 5 aliphatic rings. The predicted molar refractivity (Wildman–Crippen MR) is 98.4 cm³/mol. The van der Waals surface area contributed by atoms with E-state index in [1.807, 2.05) is 11.4 Å². The van der Waals surface area contributed by atoms with E-state index in [2.05, 4.69) is 22.9 Å². The Labute approximate surface area is 154 Å². The standard InChI is InChI=1S/C20H27N5O/c1-12-21-18-7-13(3-4-20(2)5-6-20)23-25(18)19(22-12)24-14-8-16-10-15(24)11-17(9-14)26-16/h7,14-17H,3-6,8-11H2,1-2H3. The largest absolute Gasteiger partial charge is 0.375 e. The van der Waals surface area contributed by atoms with Crippen molar-refractivity contribution in [2.75, 3.05) is 4.90 Å². The number of hydrogen-bond acceptors (Lipinski definition) is 5. The van der Waals surface area contributed by atoms with Crippen LogP contribution in [0.2, 0.25) is 0 Å². The second-order valence-corrected chi connectivity index (χ2v) is 9.32. The smallest absolute Gasteiger partial charge is 0.230 e. The number of aryl methyl sites for hydroxylation is 2. The molecule has 1 aliphatic carbocycles. The molecule has 0 spiro atoms. The molecule has 2 aromatic rings. The minimum absolute atomic E-state index is 0.458. The van der Waals surface area contributed by atoms with Gasteiger partial charge in [0.15, 0.2) is 5.65 Å². The van der Waals surface area contributed by atoms with E-state index in [0.717, 1.165) is 55.2 Å². The first kappa shape index (κ1) is 15.4. The molecule has 4 aliphatic heterocycles. The minimum atomic E-state index is 0.458. The fraction of sp³-hybridized carbons (Fsp3) is 0.750. The van der Waals surface area contributed by atoms with E-state index in [1.165, 1.54) is 19.3 Å². The Balaban J connectivity index is 1.37. The van der Waals surface area contributed by atoms with Gasteiger partial charge in [-0.3, -0.25) is 0 Å². The first-order valence-corrected chi connectivity index (χ1v) is 10.2. The van der Waals surface area contributed by atoms with Crippen molar-refractivity contribution in [2.45, 2.75) is 89.5 Å². The average Bonchev–Trinajstić information content (AvgIpc) is 3.18. The van der Waals surface area contributed by atoms with E-state index in [4.69, 9.17) is 14.8 Å². The summed E-state index contributed by atoms with van der Waals surface area (Å²) in [5.74, 6) is 1.85. The van der Waals surface area contributed by atoms with E-state index < -0.39 is 0 Å². The number of anilines is 1. The van der Waals surface area contributed by atoms with Crippen LogP contribution in [0, 0.1) is 12.3 Å². The van der Waals surface area contributed by atoms with Gasteiger partial charge in [-0.15, -0.1) is 0 Å². The fourth-order valence-corrected chi connectivity index (χ4v) is 5.38. The van der Waals surface area contributed by atoms with Crippen LogP contribution < -0.4 is 4.90 Å². The van der Waals surface area contributed by atoms with E-state index in [0.29, 0.717) is 29.7 Å². The molecule has 0 aromatic carbocycles. The first-order valence-electron chi connectivity index (χ1n) is 10.2. The highest BCUT2D eigenvalue weighted by Gasteiger charge is 2.49. The van der Waals surface area contributed by atoms with Crippen molar-refractivity contribution in [1.82, 2.24) is 19.6 Å². The maximum Gasteiger partial charge on any atom is 0.230 e. The molecule has 0 unspecified atom stereocenters. The average molecular weight is 353 g/mol. The highest BCUT2D eigenvalue weighted by molar-refractivity contribution is 5.49. The Morgan fingerprint density at radius 2 is 1.81 bits per heavy atom. The zero-order valence-corrected chi connectivity index (χ0v) is 15.7. The van der Waals surface area contributed by atoms with Crippen LogP contribution in [-0.2, 0) is 11.2 Å². The lowest BCUT2D eigenvalue weighted by molar-refractivity contribution is -0.121. The highest BCUT2D eigenvalue weighted by atomic mass is 16.5. The van der Waals surface area contributed by atoms with Crippen LogP contribution in [0.1, 0.15) is 63.4 Å². The van der Waals surface area contributed by atoms with Gasteiger partial charge in [-0.2, -0.15) is 14.6 Å². The van der Waals surface area contributed by atoms with Crippen LogP contribution in [0.5, 0.6) is 0 Å². The van der Waals surface area contributed by atoms with Crippen LogP contribution in [0.4, 0.5) is 5.95 Å². The van der Waals surface area contributed by atoms with Gasteiger partial charge in [-0.05, 0) is 63.7 Å². The number of ether oxygens (including phenoxy) is 1. The van der Waals surface area contributed by atoms with Crippen molar-refractivity contribution in [2.24, 2.45) is 5.41 Å². The fourth-order valence-electron chi connectivity index (χ4n) is 5.38. The summed E-state index contributed by atoms with van der Waals surface area (Å²) >= 11 is 0. The number of hydrogen-bond donors (Lipinski definition) is 0. The summed E-state index contributed by atoms with van der Waals surface area (Å²) in [7, 11) is 0. The maximum atomic E-state index is 6.11. The van der Waals surface area contributed by atoms with Crippen LogP contribution in [0.3, 0.4) is 0 Å². The van der Waals surface area contributed by atoms with Gasteiger partial charge >= 0.3 is 0 Å². The van der Waals surface area contributed by atoms with Gasteiger partial charge in [0.2, 0.25) is 5.95 Å². The third-order valence-electron chi connectivity index (χ3n) is 7.10. The molecule has 6 heteroatoms. The van der Waals surface area contributed by atoms with Gasteiger partial charge in [-0.25, -0.2) is 4.98 Å². The van der Waals surface area contributed by atoms with Gasteiger partial charge in [-0.1, -0.05) is 6.92 Å². The molecule has 2 aromatic heterocycles. The summed E-state index contributed by atoms with van der Waals surface area (Å²) in [6, 6.07) is 3.26. The molecular weight excluding hydrogens is 326 g/mol. The topological polar surface area (TPSA) is 55.6 Å². The quantitative estimate of drug-likeness (QED) is 0.845. The van der Waals surface area contributed by atoms with E-state index in [1.54, 1.807) is 0 Å². The summed E-state index contributed by atoms with van der Waals surface area (Å²) in [4.78, 5) is 12.1. The summed E-state index contributed by atoms with van der Waals surface area (Å²) in [5, 5.41) is 4.94. The molecule has 0 radical (unpaired) electrons. The van der Waals surface area contributed by atoms with Crippen molar-refractivity contribution >= 4 is 11.6 Å². The third-order valence-corrected chi connectivity index (χ3v) is 7.10. The molecule has 4 bridgehead atoms. The van der Waals surface area contributed by atoms with Gasteiger partial charge in [0, 0.05) is 18.2 Å². The molecule has 0 N–H and O–H groups in total. The molecule has 26 heavy (non-hydrogen) atoms. The van der Waals surface area contributed by atoms with Crippen LogP contribution in [-0.4, -0.2) is 43.9 Å². The number of piperidine rings is 2. The summed E-state index contributed by atoms with van der Waals surface area (Å²) in [6.07, 6.45) is 10.4. The number of fused-ring (bicyclic) bond motifs is 1. The van der Waals surface area contributed by atoms with Crippen molar-refractivity contribution in [3.8, 4) is 0 Å². The van der Waals surface area contributed by atoms with Gasteiger partial charge in [0.1, 0.15) is 5.82 Å². The van der Waals surface area contributed by atoms with Gasteiger partial charge < -0.3 is 9.64 Å². The molecule has 7 rings (SSSR count). The lowest BCUT2D eigenvalue weighted by atomic mass is 9.78. The Kier molecular flexibility index (Phi) is 3.07. The van der Waals surface area contributed by atoms with Crippen molar-refractivity contribution in [3.63, 3.8) is 0 Å². The van der Waals surface area contributed by atoms with Gasteiger partial charge in [0.05, 0.1) is 17.9 Å². The monoisotopic (exact) mass is 353 g/mol. The molecule has 0 amide bonds. The first-order chi connectivity index (χ1) is 12.6. The Hall–Kier alpha value is -1.69. The van der Waals surface area contributed by atoms with E-state index >= 15 is 0 Å². The molecular formula is C20H27N5O. The van der Waals surface area contributed by atoms with Crippen molar-refractivity contribution < 1.29 is 4.74 Å². The molecule has 138 valence electrons. The summed E-state index contributed by atoms with van der Waals surface area (Å²) in [6.45, 7) is 4.39. The number of nitrogens with zero attached hydrogens (tertiary/aromatic N) is 5. The Morgan fingerprint density at radius 1 is 1.12 bits per heavy atom. The van der Waals surface area contributed by atoms with Crippen LogP contribution >= 0.6 is 0 Å². The predicted octanol–water partition coefficient (Wildman–Crippen LogP) is 3.06. The number of rotatable bonds is 4. The van der Waals surface area contributed by atoms with Crippen LogP contribution in [0.15, 0.2) is 6.07 Å². The van der Waals surface area contributed by atoms with Gasteiger partial charge in [0.25, 0.3) is 0 Å². The molecule has 0 atom stereocenters. The van der Waals surface area contributed by atoms with Crippen LogP contribution in [0.25, 0.3) is 5.65 Å². The second-order valence-electron chi connectivity index (χ2n) is 9.32. The zero-order chi connectivity index (χ0) is 17.5. The molecule has 6 nitrogen and oxygen atoms in total.